The molecule has 0 unspecified atom stereocenters. The molecule has 0 spiro atoms. The zero-order chi connectivity index (χ0) is 12.4. The van der Waals surface area contributed by atoms with Gasteiger partial charge in [-0.1, -0.05) is 15.9 Å². The van der Waals surface area contributed by atoms with Gasteiger partial charge in [0.25, 0.3) is 5.69 Å². The lowest BCUT2D eigenvalue weighted by Gasteiger charge is -2.19. The molecule has 17 heavy (non-hydrogen) atoms. The maximum atomic E-state index is 10.8. The smallest absolute Gasteiger partial charge is 0.273 e. The predicted octanol–water partition coefficient (Wildman–Crippen LogP) is 3.34. The van der Waals surface area contributed by atoms with Crippen molar-refractivity contribution >= 4 is 27.3 Å². The van der Waals surface area contributed by atoms with Crippen LogP contribution in [0.5, 0.6) is 0 Å². The van der Waals surface area contributed by atoms with Crippen LogP contribution in [0.2, 0.25) is 0 Å². The van der Waals surface area contributed by atoms with Crippen molar-refractivity contribution < 1.29 is 4.92 Å². The van der Waals surface area contributed by atoms with Crippen LogP contribution in [0.25, 0.3) is 0 Å². The van der Waals surface area contributed by atoms with E-state index in [1.54, 1.807) is 6.07 Å². The minimum Gasteiger partial charge on any atom is -0.374 e. The Morgan fingerprint density at radius 3 is 2.76 bits per heavy atom. The Labute approximate surface area is 109 Å². The minimum absolute atomic E-state index is 0.186. The molecule has 1 saturated carbocycles. The van der Waals surface area contributed by atoms with Crippen LogP contribution in [0.4, 0.5) is 11.4 Å². The fraction of sp³-hybridized carbons (Fsp3) is 0.500. The van der Waals surface area contributed by atoms with Gasteiger partial charge in [0.1, 0.15) is 0 Å². The molecule has 0 N–H and O–H groups in total. The van der Waals surface area contributed by atoms with Crippen molar-refractivity contribution in [2.24, 2.45) is 5.92 Å². The molecule has 1 fully saturated rings. The van der Waals surface area contributed by atoms with E-state index in [1.165, 1.54) is 12.8 Å². The first-order valence-electron chi connectivity index (χ1n) is 5.66. The Kier molecular flexibility index (Phi) is 3.66. The summed E-state index contributed by atoms with van der Waals surface area (Å²) in [6.07, 6.45) is 2.62. The number of nitro benzene ring substituents is 1. The third kappa shape index (κ3) is 2.97. The third-order valence-electron chi connectivity index (χ3n) is 3.07. The lowest BCUT2D eigenvalue weighted by atomic mass is 10.1. The van der Waals surface area contributed by atoms with E-state index in [0.717, 1.165) is 23.7 Å². The van der Waals surface area contributed by atoms with Crippen LogP contribution in [0, 0.1) is 16.0 Å². The summed E-state index contributed by atoms with van der Waals surface area (Å²) in [6.45, 7) is 1.04. The van der Waals surface area contributed by atoms with Crippen molar-refractivity contribution in [3.8, 4) is 0 Å². The van der Waals surface area contributed by atoms with Gasteiger partial charge < -0.3 is 4.90 Å². The van der Waals surface area contributed by atoms with E-state index in [9.17, 15) is 10.1 Å². The summed E-state index contributed by atoms with van der Waals surface area (Å²) >= 11 is 3.30. The van der Waals surface area contributed by atoms with Gasteiger partial charge in [-0.15, -0.1) is 0 Å². The molecular weight excluding hydrogens is 284 g/mol. The first-order chi connectivity index (χ1) is 8.11. The average Bonchev–Trinajstić information content (AvgIpc) is 3.11. The number of rotatable bonds is 5. The molecular formula is C12H15BrN2O2. The highest BCUT2D eigenvalue weighted by molar-refractivity contribution is 9.08. The molecule has 0 radical (unpaired) electrons. The van der Waals surface area contributed by atoms with Crippen molar-refractivity contribution in [3.63, 3.8) is 0 Å². The first-order valence-corrected chi connectivity index (χ1v) is 6.78. The SMILES string of the molecule is CN(CC1CC1)c1ccc([N+](=O)[O-])c(CBr)c1. The quantitative estimate of drug-likeness (QED) is 0.476. The molecule has 0 atom stereocenters. The van der Waals surface area contributed by atoms with Crippen molar-refractivity contribution in [3.05, 3.63) is 33.9 Å². The summed E-state index contributed by atoms with van der Waals surface area (Å²) in [7, 11) is 2.04. The largest absolute Gasteiger partial charge is 0.374 e. The molecule has 2 rings (SSSR count). The number of benzene rings is 1. The fourth-order valence-corrected chi connectivity index (χ4v) is 2.34. The number of alkyl halides is 1. The second-order valence-corrected chi connectivity index (χ2v) is 5.09. The van der Waals surface area contributed by atoms with Crippen molar-refractivity contribution in [1.29, 1.82) is 0 Å². The number of hydrogen-bond donors (Lipinski definition) is 0. The third-order valence-corrected chi connectivity index (χ3v) is 3.68. The monoisotopic (exact) mass is 298 g/mol. The van der Waals surface area contributed by atoms with E-state index in [1.807, 2.05) is 19.2 Å². The summed E-state index contributed by atoms with van der Waals surface area (Å²) in [5, 5.41) is 11.3. The van der Waals surface area contributed by atoms with E-state index in [-0.39, 0.29) is 10.6 Å². The van der Waals surface area contributed by atoms with Crippen LogP contribution in [0.1, 0.15) is 18.4 Å². The van der Waals surface area contributed by atoms with E-state index in [4.69, 9.17) is 0 Å². The minimum atomic E-state index is -0.332. The van der Waals surface area contributed by atoms with Gasteiger partial charge in [0, 0.05) is 36.2 Å². The Balaban J connectivity index is 2.20. The first kappa shape index (κ1) is 12.4. The lowest BCUT2D eigenvalue weighted by Crippen LogP contribution is -2.20. The van der Waals surface area contributed by atoms with Crippen molar-refractivity contribution in [2.45, 2.75) is 18.2 Å². The van der Waals surface area contributed by atoms with E-state index >= 15 is 0 Å². The molecule has 1 aliphatic rings. The topological polar surface area (TPSA) is 46.4 Å². The van der Waals surface area contributed by atoms with Crippen LogP contribution >= 0.6 is 15.9 Å². The van der Waals surface area contributed by atoms with E-state index in [2.05, 4.69) is 20.8 Å². The second-order valence-electron chi connectivity index (χ2n) is 4.53. The second kappa shape index (κ2) is 5.04. The van der Waals surface area contributed by atoms with Gasteiger partial charge in [-0.05, 0) is 30.9 Å². The average molecular weight is 299 g/mol. The standard InChI is InChI=1S/C12H15BrN2O2/c1-14(8-9-2-3-9)11-4-5-12(15(16)17)10(6-11)7-13/h4-6,9H,2-3,7-8H2,1H3. The molecule has 0 heterocycles. The molecule has 1 aliphatic carbocycles. The summed E-state index contributed by atoms with van der Waals surface area (Å²) < 4.78 is 0. The van der Waals surface area contributed by atoms with Crippen LogP contribution in [-0.4, -0.2) is 18.5 Å². The molecule has 5 heteroatoms. The van der Waals surface area contributed by atoms with Crippen LogP contribution < -0.4 is 4.90 Å². The van der Waals surface area contributed by atoms with E-state index in [0.29, 0.717) is 5.33 Å². The van der Waals surface area contributed by atoms with Gasteiger partial charge in [-0.25, -0.2) is 0 Å². The maximum absolute atomic E-state index is 10.8. The molecule has 4 nitrogen and oxygen atoms in total. The fourth-order valence-electron chi connectivity index (χ4n) is 1.89. The molecule has 0 bridgehead atoms. The number of nitrogens with zero attached hydrogens (tertiary/aromatic N) is 2. The Bertz CT molecular complexity index is 433. The zero-order valence-electron chi connectivity index (χ0n) is 9.73. The van der Waals surface area contributed by atoms with Gasteiger partial charge in [0.2, 0.25) is 0 Å². The normalized spacial score (nSPS) is 14.7. The predicted molar refractivity (Wildman–Crippen MR) is 71.7 cm³/mol. The zero-order valence-corrected chi connectivity index (χ0v) is 11.3. The number of halogens is 1. The number of hydrogen-bond acceptors (Lipinski definition) is 3. The number of anilines is 1. The summed E-state index contributed by atoms with van der Waals surface area (Å²) in [5.74, 6) is 0.808. The van der Waals surface area contributed by atoms with Gasteiger partial charge in [-0.3, -0.25) is 10.1 Å². The summed E-state index contributed by atoms with van der Waals surface area (Å²) in [6, 6.07) is 5.32. The van der Waals surface area contributed by atoms with Crippen molar-refractivity contribution in [2.75, 3.05) is 18.5 Å². The van der Waals surface area contributed by atoms with Crippen LogP contribution in [0.3, 0.4) is 0 Å². The molecule has 0 aromatic heterocycles. The molecule has 0 saturated heterocycles. The lowest BCUT2D eigenvalue weighted by molar-refractivity contribution is -0.385. The molecule has 1 aromatic rings. The highest BCUT2D eigenvalue weighted by Gasteiger charge is 2.23. The molecule has 0 amide bonds. The van der Waals surface area contributed by atoms with Crippen molar-refractivity contribution in [1.82, 2.24) is 0 Å². The molecule has 92 valence electrons. The Morgan fingerprint density at radius 2 is 2.24 bits per heavy atom. The van der Waals surface area contributed by atoms with Crippen LogP contribution in [0.15, 0.2) is 18.2 Å². The Morgan fingerprint density at radius 1 is 1.53 bits per heavy atom. The van der Waals surface area contributed by atoms with Gasteiger partial charge in [0.15, 0.2) is 0 Å². The highest BCUT2D eigenvalue weighted by Crippen LogP contribution is 2.32. The van der Waals surface area contributed by atoms with Crippen LogP contribution in [-0.2, 0) is 5.33 Å². The summed E-state index contributed by atoms with van der Waals surface area (Å²) in [5.41, 5.74) is 1.97. The molecule has 1 aromatic carbocycles. The highest BCUT2D eigenvalue weighted by atomic mass is 79.9. The van der Waals surface area contributed by atoms with Gasteiger partial charge >= 0.3 is 0 Å². The summed E-state index contributed by atoms with van der Waals surface area (Å²) in [4.78, 5) is 12.7. The van der Waals surface area contributed by atoms with E-state index < -0.39 is 0 Å². The molecule has 0 aliphatic heterocycles. The number of nitro groups is 1. The van der Waals surface area contributed by atoms with Gasteiger partial charge in [0.05, 0.1) is 4.92 Å². The van der Waals surface area contributed by atoms with Gasteiger partial charge in [-0.2, -0.15) is 0 Å². The maximum Gasteiger partial charge on any atom is 0.273 e. The Hall–Kier alpha value is -1.10.